The van der Waals surface area contributed by atoms with Gasteiger partial charge in [0.15, 0.2) is 0 Å². The fourth-order valence-electron chi connectivity index (χ4n) is 3.50. The highest BCUT2D eigenvalue weighted by atomic mass is 16.5. The molecule has 21 nitrogen and oxygen atoms in total. The summed E-state index contributed by atoms with van der Waals surface area (Å²) >= 11 is 0. The lowest BCUT2D eigenvalue weighted by molar-refractivity contribution is -0.130. The summed E-state index contributed by atoms with van der Waals surface area (Å²) in [6, 6.07) is -0.826. The van der Waals surface area contributed by atoms with Crippen LogP contribution in [0.3, 0.4) is 0 Å². The molecule has 7 amide bonds. The summed E-state index contributed by atoms with van der Waals surface area (Å²) in [7, 11) is 0. The molecule has 0 atom stereocenters. The minimum atomic E-state index is -1.37. The van der Waals surface area contributed by atoms with Crippen molar-refractivity contribution < 1.29 is 68.0 Å². The third-order valence-electron chi connectivity index (χ3n) is 5.89. The Bertz CT molecular complexity index is 828. The van der Waals surface area contributed by atoms with E-state index in [0.717, 1.165) is 0 Å². The Hall–Kier alpha value is -3.41. The molecule has 0 aliphatic carbocycles. The number of rotatable bonds is 31. The van der Waals surface area contributed by atoms with Crippen molar-refractivity contribution >= 4 is 29.8 Å². The lowest BCUT2D eigenvalue weighted by Crippen LogP contribution is -2.61. The number of hydrogen-bond donors (Lipinski definition) is 10. The Morgan fingerprint density at radius 1 is 0.500 bits per heavy atom. The summed E-state index contributed by atoms with van der Waals surface area (Å²) in [6.07, 6.45) is 0.593. The molecule has 0 aromatic carbocycles. The molecule has 280 valence electrons. The van der Waals surface area contributed by atoms with Gasteiger partial charge in [-0.25, -0.2) is 26.0 Å². The van der Waals surface area contributed by atoms with E-state index in [1.807, 2.05) is 6.92 Å². The summed E-state index contributed by atoms with van der Waals surface area (Å²) in [5.41, 5.74) is 3.06. The molecule has 0 aliphatic rings. The number of nitrogens with one attached hydrogen (secondary N) is 7. The molecule has 0 rings (SSSR count). The summed E-state index contributed by atoms with van der Waals surface area (Å²) < 4.78 is 33.0. The molecule has 0 bridgehead atoms. The fraction of sp³-hybridized carbons (Fsp3) is 0.815. The number of urea groups is 2. The van der Waals surface area contributed by atoms with E-state index >= 15 is 0 Å². The second kappa shape index (κ2) is 30.9. The molecule has 0 saturated heterocycles. The zero-order valence-electron chi connectivity index (χ0n) is 27.5. The molecular formula is C27H53N7O14. The van der Waals surface area contributed by atoms with Crippen LogP contribution >= 0.6 is 0 Å². The quantitative estimate of drug-likeness (QED) is 0.0211. The summed E-state index contributed by atoms with van der Waals surface area (Å²) in [4.78, 5) is 58.1. The third-order valence-corrected chi connectivity index (χ3v) is 5.89. The minimum absolute atomic E-state index is 0.135. The second-order valence-corrected chi connectivity index (χ2v) is 10.0. The van der Waals surface area contributed by atoms with E-state index in [0.29, 0.717) is 65.6 Å². The Morgan fingerprint density at radius 3 is 1.25 bits per heavy atom. The maximum Gasteiger partial charge on any atom is 0.315 e. The molecule has 0 heterocycles. The van der Waals surface area contributed by atoms with Crippen molar-refractivity contribution in [2.75, 3.05) is 98.9 Å². The second-order valence-electron chi connectivity index (χ2n) is 10.0. The fourth-order valence-corrected chi connectivity index (χ4v) is 3.50. The largest absolute Gasteiger partial charge is 0.379 e. The number of hydrogen-bond acceptors (Lipinski definition) is 14. The van der Waals surface area contributed by atoms with Crippen LogP contribution in [0.4, 0.5) is 9.59 Å². The van der Waals surface area contributed by atoms with Crippen molar-refractivity contribution in [2.45, 2.75) is 44.6 Å². The SMILES string of the molecule is CCNC(=O)NCCCOCCOCCOCCCNC(=O)NC(COCCC(=O)NO)(COCCC(=O)NO)COCCC(=O)NO. The van der Waals surface area contributed by atoms with Gasteiger partial charge in [-0.2, -0.15) is 0 Å². The smallest absolute Gasteiger partial charge is 0.315 e. The highest BCUT2D eigenvalue weighted by Gasteiger charge is 2.34. The number of amides is 7. The molecule has 0 radical (unpaired) electrons. The predicted molar refractivity (Wildman–Crippen MR) is 164 cm³/mol. The van der Waals surface area contributed by atoms with Crippen LogP contribution in [-0.4, -0.2) is 150 Å². The van der Waals surface area contributed by atoms with Gasteiger partial charge in [-0.1, -0.05) is 0 Å². The van der Waals surface area contributed by atoms with Gasteiger partial charge in [0.05, 0.1) is 85.3 Å². The van der Waals surface area contributed by atoms with Crippen molar-refractivity contribution in [1.82, 2.24) is 37.7 Å². The van der Waals surface area contributed by atoms with Crippen LogP contribution in [0.25, 0.3) is 0 Å². The monoisotopic (exact) mass is 699 g/mol. The number of hydroxylamine groups is 3. The van der Waals surface area contributed by atoms with Crippen LogP contribution in [0.2, 0.25) is 0 Å². The van der Waals surface area contributed by atoms with Crippen LogP contribution in [0.15, 0.2) is 0 Å². The van der Waals surface area contributed by atoms with Gasteiger partial charge in [0.1, 0.15) is 5.54 Å². The molecule has 0 saturated carbocycles. The first-order valence-corrected chi connectivity index (χ1v) is 15.5. The van der Waals surface area contributed by atoms with Crippen LogP contribution in [0.5, 0.6) is 0 Å². The average Bonchev–Trinajstić information content (AvgIpc) is 3.08. The van der Waals surface area contributed by atoms with Crippen molar-refractivity contribution in [3.05, 3.63) is 0 Å². The molecule has 0 unspecified atom stereocenters. The zero-order valence-corrected chi connectivity index (χ0v) is 27.5. The number of ether oxygens (including phenoxy) is 6. The minimum Gasteiger partial charge on any atom is -0.379 e. The van der Waals surface area contributed by atoms with Crippen LogP contribution in [0.1, 0.15) is 39.0 Å². The van der Waals surface area contributed by atoms with E-state index in [-0.39, 0.29) is 71.5 Å². The van der Waals surface area contributed by atoms with Gasteiger partial charge in [-0.15, -0.1) is 0 Å². The first kappa shape index (κ1) is 44.6. The highest BCUT2D eigenvalue weighted by molar-refractivity contribution is 5.76. The molecular weight excluding hydrogens is 646 g/mol. The zero-order chi connectivity index (χ0) is 35.7. The normalized spacial score (nSPS) is 11.0. The van der Waals surface area contributed by atoms with Crippen molar-refractivity contribution in [3.8, 4) is 0 Å². The third kappa shape index (κ3) is 26.6. The van der Waals surface area contributed by atoms with Gasteiger partial charge in [-0.05, 0) is 19.8 Å². The molecule has 10 N–H and O–H groups in total. The van der Waals surface area contributed by atoms with E-state index < -0.39 is 29.3 Å². The van der Waals surface area contributed by atoms with Gasteiger partial charge in [0, 0.05) is 32.8 Å². The number of carbonyl (C=O) groups excluding carboxylic acids is 5. The maximum atomic E-state index is 12.8. The highest BCUT2D eigenvalue weighted by Crippen LogP contribution is 2.10. The van der Waals surface area contributed by atoms with Gasteiger partial charge in [0.25, 0.3) is 0 Å². The molecule has 0 aliphatic heterocycles. The summed E-state index contributed by atoms with van der Waals surface area (Å²) in [6.45, 7) is 4.39. The van der Waals surface area contributed by atoms with E-state index in [1.165, 1.54) is 16.4 Å². The Kier molecular flexibility index (Phi) is 28.7. The standard InChI is InChI=1S/C27H53N7O14/c1-2-28-25(38)29-8-3-10-43-15-17-45-18-16-44-11-4-9-30-26(39)31-27(19-46-12-5-22(35)32-40,20-47-13-6-23(36)33-41)21-48-14-7-24(37)34-42/h40-42H,2-21H2,1H3,(H,32,35)(H,33,36)(H,34,37)(H2,28,29,38)(H2,30,31,39). The van der Waals surface area contributed by atoms with Crippen LogP contribution in [-0.2, 0) is 42.8 Å². The molecule has 0 aromatic heterocycles. The molecule has 0 fully saturated rings. The molecule has 48 heavy (non-hydrogen) atoms. The van der Waals surface area contributed by atoms with Gasteiger partial charge < -0.3 is 49.7 Å². The van der Waals surface area contributed by atoms with Gasteiger partial charge >= 0.3 is 12.1 Å². The summed E-state index contributed by atoms with van der Waals surface area (Å²) in [5, 5.41) is 36.8. The first-order chi connectivity index (χ1) is 23.2. The van der Waals surface area contributed by atoms with Gasteiger partial charge in [0.2, 0.25) is 17.7 Å². The van der Waals surface area contributed by atoms with Gasteiger partial charge in [-0.3, -0.25) is 30.0 Å². The molecule has 21 heteroatoms. The Morgan fingerprint density at radius 2 is 0.875 bits per heavy atom. The Labute approximate surface area is 279 Å². The van der Waals surface area contributed by atoms with E-state index in [1.54, 1.807) is 0 Å². The lowest BCUT2D eigenvalue weighted by atomic mass is 10.0. The van der Waals surface area contributed by atoms with Crippen molar-refractivity contribution in [1.29, 1.82) is 0 Å². The van der Waals surface area contributed by atoms with Crippen molar-refractivity contribution in [2.24, 2.45) is 0 Å². The predicted octanol–water partition coefficient (Wildman–Crippen LogP) is -2.09. The Balaban J connectivity index is 4.59. The van der Waals surface area contributed by atoms with Crippen LogP contribution in [0, 0.1) is 0 Å². The lowest BCUT2D eigenvalue weighted by Gasteiger charge is -2.34. The summed E-state index contributed by atoms with van der Waals surface area (Å²) in [5.74, 6) is -2.08. The van der Waals surface area contributed by atoms with E-state index in [4.69, 9.17) is 44.0 Å². The number of carbonyl (C=O) groups is 5. The molecule has 0 aromatic rings. The van der Waals surface area contributed by atoms with E-state index in [9.17, 15) is 24.0 Å². The maximum absolute atomic E-state index is 12.8. The topological polar surface area (TPSA) is 286 Å². The molecule has 0 spiro atoms. The first-order valence-electron chi connectivity index (χ1n) is 15.5. The average molecular weight is 700 g/mol. The van der Waals surface area contributed by atoms with Crippen LogP contribution < -0.4 is 37.7 Å². The van der Waals surface area contributed by atoms with E-state index in [2.05, 4.69) is 21.3 Å². The van der Waals surface area contributed by atoms with Crippen molar-refractivity contribution in [3.63, 3.8) is 0 Å².